The van der Waals surface area contributed by atoms with Crippen molar-refractivity contribution in [3.05, 3.63) is 17.5 Å². The third-order valence-electron chi connectivity index (χ3n) is 2.73. The van der Waals surface area contributed by atoms with Gasteiger partial charge >= 0.3 is 0 Å². The topological polar surface area (TPSA) is 34.9 Å². The lowest BCUT2D eigenvalue weighted by molar-refractivity contribution is 0.0845. The van der Waals surface area contributed by atoms with Crippen molar-refractivity contribution in [1.29, 1.82) is 0 Å². The number of aryl methyl sites for hydroxylation is 2. The maximum atomic E-state index is 11.8. The van der Waals surface area contributed by atoms with E-state index in [-0.39, 0.29) is 11.7 Å². The van der Waals surface area contributed by atoms with Gasteiger partial charge in [-0.2, -0.15) is 5.10 Å². The minimum Gasteiger partial charge on any atom is -0.292 e. The molecule has 0 saturated heterocycles. The molecule has 1 aromatic heterocycles. The molecular weight excluding hydrogens is 164 g/mol. The Balaban J connectivity index is 2.23. The lowest BCUT2D eigenvalue weighted by Gasteiger charge is -2.23. The maximum absolute atomic E-state index is 11.8. The van der Waals surface area contributed by atoms with Gasteiger partial charge in [0.15, 0.2) is 5.78 Å². The molecule has 0 aliphatic heterocycles. The first-order valence-corrected chi connectivity index (χ1v) is 4.73. The van der Waals surface area contributed by atoms with Crippen LogP contribution in [0, 0.1) is 12.8 Å². The zero-order valence-corrected chi connectivity index (χ0v) is 8.08. The molecule has 0 unspecified atom stereocenters. The number of hydrogen-bond donors (Lipinski definition) is 0. The van der Waals surface area contributed by atoms with Gasteiger partial charge in [0, 0.05) is 13.0 Å². The summed E-state index contributed by atoms with van der Waals surface area (Å²) in [5.74, 6) is 0.546. The Labute approximate surface area is 77.7 Å². The van der Waals surface area contributed by atoms with Crippen molar-refractivity contribution >= 4 is 5.78 Å². The van der Waals surface area contributed by atoms with Crippen LogP contribution >= 0.6 is 0 Å². The smallest absolute Gasteiger partial charge is 0.183 e. The Hall–Kier alpha value is -1.12. The van der Waals surface area contributed by atoms with Crippen molar-refractivity contribution in [2.75, 3.05) is 0 Å². The van der Waals surface area contributed by atoms with E-state index in [1.165, 1.54) is 6.42 Å². The molecule has 1 aliphatic rings. The largest absolute Gasteiger partial charge is 0.292 e. The summed E-state index contributed by atoms with van der Waals surface area (Å²) in [5, 5.41) is 4.17. The molecule has 70 valence electrons. The fourth-order valence-electron chi connectivity index (χ4n) is 1.72. The second-order valence-corrected chi connectivity index (χ2v) is 3.79. The van der Waals surface area contributed by atoms with Gasteiger partial charge in [0.1, 0.15) is 5.69 Å². The van der Waals surface area contributed by atoms with E-state index in [0.717, 1.165) is 24.2 Å². The van der Waals surface area contributed by atoms with E-state index in [1.54, 1.807) is 4.68 Å². The predicted octanol–water partition coefficient (Wildman–Crippen LogP) is 1.71. The fraction of sp³-hybridized carbons (Fsp3) is 0.600. The summed E-state index contributed by atoms with van der Waals surface area (Å²) in [6.45, 7) is 1.91. The molecule has 1 aliphatic carbocycles. The monoisotopic (exact) mass is 178 g/mol. The van der Waals surface area contributed by atoms with Crippen molar-refractivity contribution in [2.45, 2.75) is 26.2 Å². The molecule has 0 radical (unpaired) electrons. The molecule has 2 rings (SSSR count). The van der Waals surface area contributed by atoms with Crippen LogP contribution in [0.2, 0.25) is 0 Å². The Bertz CT molecular complexity index is 337. The van der Waals surface area contributed by atoms with Gasteiger partial charge in [-0.05, 0) is 25.8 Å². The quantitative estimate of drug-likeness (QED) is 0.646. The van der Waals surface area contributed by atoms with Gasteiger partial charge in [-0.15, -0.1) is 0 Å². The van der Waals surface area contributed by atoms with Gasteiger partial charge in [0.05, 0.1) is 5.69 Å². The van der Waals surface area contributed by atoms with Crippen LogP contribution in [0.3, 0.4) is 0 Å². The van der Waals surface area contributed by atoms with E-state index in [2.05, 4.69) is 5.10 Å². The highest BCUT2D eigenvalue weighted by Gasteiger charge is 2.28. The second kappa shape index (κ2) is 2.98. The molecule has 0 aromatic carbocycles. The first-order valence-electron chi connectivity index (χ1n) is 4.73. The number of aromatic nitrogens is 2. The van der Waals surface area contributed by atoms with E-state index < -0.39 is 0 Å². The molecule has 1 aromatic rings. The van der Waals surface area contributed by atoms with Crippen molar-refractivity contribution in [2.24, 2.45) is 13.0 Å². The summed E-state index contributed by atoms with van der Waals surface area (Å²) in [4.78, 5) is 11.8. The molecule has 0 spiro atoms. The van der Waals surface area contributed by atoms with Crippen LogP contribution in [0.4, 0.5) is 0 Å². The molecule has 1 heterocycles. The van der Waals surface area contributed by atoms with Crippen LogP contribution < -0.4 is 0 Å². The highest BCUT2D eigenvalue weighted by Crippen LogP contribution is 2.29. The summed E-state index contributed by atoms with van der Waals surface area (Å²) in [6, 6.07) is 1.88. The Kier molecular flexibility index (Phi) is 1.94. The maximum Gasteiger partial charge on any atom is 0.183 e. The number of ketones is 1. The lowest BCUT2D eigenvalue weighted by atomic mass is 9.81. The number of Topliss-reactive ketones (excluding diaryl/α,β-unsaturated/α-hetero) is 1. The summed E-state index contributed by atoms with van der Waals surface area (Å²) in [5.41, 5.74) is 1.69. The first-order chi connectivity index (χ1) is 6.18. The van der Waals surface area contributed by atoms with Gasteiger partial charge in [-0.25, -0.2) is 0 Å². The molecule has 1 saturated carbocycles. The van der Waals surface area contributed by atoms with E-state index in [4.69, 9.17) is 0 Å². The first kappa shape index (κ1) is 8.48. The average Bonchev–Trinajstić information content (AvgIpc) is 2.26. The number of nitrogens with zero attached hydrogens (tertiary/aromatic N) is 2. The van der Waals surface area contributed by atoms with Crippen molar-refractivity contribution in [1.82, 2.24) is 9.78 Å². The van der Waals surface area contributed by atoms with Gasteiger partial charge in [0.25, 0.3) is 0 Å². The van der Waals surface area contributed by atoms with Crippen molar-refractivity contribution < 1.29 is 4.79 Å². The van der Waals surface area contributed by atoms with E-state index in [0.29, 0.717) is 0 Å². The summed E-state index contributed by atoms with van der Waals surface area (Å²) in [6.07, 6.45) is 3.32. The highest BCUT2D eigenvalue weighted by molar-refractivity contribution is 5.96. The molecule has 0 bridgehead atoms. The molecular formula is C10H14N2O. The Morgan fingerprint density at radius 2 is 2.31 bits per heavy atom. The van der Waals surface area contributed by atoms with Crippen molar-refractivity contribution in [3.63, 3.8) is 0 Å². The van der Waals surface area contributed by atoms with Crippen LogP contribution in [0.1, 0.15) is 35.4 Å². The van der Waals surface area contributed by atoms with Crippen LogP contribution in [-0.4, -0.2) is 15.6 Å². The summed E-state index contributed by atoms with van der Waals surface area (Å²) in [7, 11) is 1.83. The molecule has 1 fully saturated rings. The highest BCUT2D eigenvalue weighted by atomic mass is 16.1. The number of carbonyl (C=O) groups excluding carboxylic acids is 1. The van der Waals surface area contributed by atoms with E-state index in [1.807, 2.05) is 20.0 Å². The number of hydrogen-bond acceptors (Lipinski definition) is 2. The van der Waals surface area contributed by atoms with Gasteiger partial charge in [-0.3, -0.25) is 9.48 Å². The molecule has 3 heteroatoms. The molecule has 0 atom stereocenters. The van der Waals surface area contributed by atoms with Crippen LogP contribution in [0.15, 0.2) is 6.07 Å². The Morgan fingerprint density at radius 3 is 2.69 bits per heavy atom. The van der Waals surface area contributed by atoms with Crippen LogP contribution in [0.5, 0.6) is 0 Å². The normalized spacial score (nSPS) is 17.1. The predicted molar refractivity (Wildman–Crippen MR) is 49.6 cm³/mol. The standard InChI is InChI=1S/C10H14N2O/c1-7-6-9(12(2)11-7)10(13)8-4-3-5-8/h6,8H,3-5H2,1-2H3. The number of rotatable bonds is 2. The van der Waals surface area contributed by atoms with Crippen LogP contribution in [-0.2, 0) is 7.05 Å². The zero-order valence-electron chi connectivity index (χ0n) is 8.08. The van der Waals surface area contributed by atoms with E-state index >= 15 is 0 Å². The van der Waals surface area contributed by atoms with Crippen LogP contribution in [0.25, 0.3) is 0 Å². The van der Waals surface area contributed by atoms with Gasteiger partial charge < -0.3 is 0 Å². The third-order valence-corrected chi connectivity index (χ3v) is 2.73. The zero-order chi connectivity index (χ0) is 9.42. The molecule has 13 heavy (non-hydrogen) atoms. The van der Waals surface area contributed by atoms with Gasteiger partial charge in [-0.1, -0.05) is 6.42 Å². The lowest BCUT2D eigenvalue weighted by Crippen LogP contribution is -2.23. The average molecular weight is 178 g/mol. The van der Waals surface area contributed by atoms with Crippen molar-refractivity contribution in [3.8, 4) is 0 Å². The molecule has 0 amide bonds. The second-order valence-electron chi connectivity index (χ2n) is 3.79. The third kappa shape index (κ3) is 1.39. The fourth-order valence-corrected chi connectivity index (χ4v) is 1.72. The van der Waals surface area contributed by atoms with E-state index in [9.17, 15) is 4.79 Å². The molecule has 0 N–H and O–H groups in total. The molecule has 3 nitrogen and oxygen atoms in total. The summed E-state index contributed by atoms with van der Waals surface area (Å²) < 4.78 is 1.69. The summed E-state index contributed by atoms with van der Waals surface area (Å²) >= 11 is 0. The van der Waals surface area contributed by atoms with Gasteiger partial charge in [0.2, 0.25) is 0 Å². The minimum atomic E-state index is 0.273. The minimum absolute atomic E-state index is 0.273. The number of carbonyl (C=O) groups is 1. The Morgan fingerprint density at radius 1 is 1.62 bits per heavy atom. The SMILES string of the molecule is Cc1cc(C(=O)C2CCC2)n(C)n1.